The maximum absolute atomic E-state index is 12.2. The monoisotopic (exact) mass is 498 g/mol. The zero-order valence-corrected chi connectivity index (χ0v) is 20.1. The molecular formula is C20H26N4O7S2. The summed E-state index contributed by atoms with van der Waals surface area (Å²) in [6, 6.07) is 10.9. The Morgan fingerprint density at radius 2 is 1.67 bits per heavy atom. The van der Waals surface area contributed by atoms with Crippen LogP contribution >= 0.6 is 0 Å². The minimum Gasteiger partial charge on any atom is -0.372 e. The van der Waals surface area contributed by atoms with Gasteiger partial charge in [0.25, 0.3) is 0 Å². The van der Waals surface area contributed by atoms with Crippen molar-refractivity contribution in [1.29, 1.82) is 0 Å². The van der Waals surface area contributed by atoms with E-state index in [1.807, 2.05) is 26.0 Å². The highest BCUT2D eigenvalue weighted by Gasteiger charge is 2.16. The normalized spacial score (nSPS) is 12.1. The Hall–Kier alpha value is -2.87. The molecule has 2 aromatic carbocycles. The van der Waals surface area contributed by atoms with Gasteiger partial charge in [-0.1, -0.05) is 0 Å². The van der Waals surface area contributed by atoms with Crippen molar-refractivity contribution >= 4 is 48.9 Å². The SMILES string of the molecule is CCN(CC)c1ccc(N=Nc2ccc(S(=O)(=O)CCOS(=O)(=O)O)cc2)c(NC(C)=O)c1. The number of sulfone groups is 1. The van der Waals surface area contributed by atoms with Crippen LogP contribution in [0, 0.1) is 0 Å². The van der Waals surface area contributed by atoms with Crippen molar-refractivity contribution in [1.82, 2.24) is 0 Å². The average Bonchev–Trinajstić information content (AvgIpc) is 2.73. The maximum Gasteiger partial charge on any atom is 0.397 e. The lowest BCUT2D eigenvalue weighted by molar-refractivity contribution is -0.114. The molecule has 0 spiro atoms. The molecule has 0 heterocycles. The van der Waals surface area contributed by atoms with Gasteiger partial charge in [0.1, 0.15) is 5.69 Å². The van der Waals surface area contributed by atoms with E-state index in [1.54, 1.807) is 6.07 Å². The maximum atomic E-state index is 12.2. The molecule has 0 aliphatic rings. The summed E-state index contributed by atoms with van der Waals surface area (Å²) in [5.74, 6) is -0.886. The van der Waals surface area contributed by atoms with E-state index in [1.165, 1.54) is 31.2 Å². The van der Waals surface area contributed by atoms with Crippen LogP contribution in [0.25, 0.3) is 0 Å². The van der Waals surface area contributed by atoms with Crippen LogP contribution in [-0.2, 0) is 29.2 Å². The lowest BCUT2D eigenvalue weighted by atomic mass is 10.2. The molecule has 0 unspecified atom stereocenters. The van der Waals surface area contributed by atoms with Crippen LogP contribution in [0.15, 0.2) is 57.6 Å². The van der Waals surface area contributed by atoms with Crippen LogP contribution in [0.3, 0.4) is 0 Å². The first-order valence-corrected chi connectivity index (χ1v) is 13.0. The molecule has 1 amide bonds. The summed E-state index contributed by atoms with van der Waals surface area (Å²) < 4.78 is 58.1. The van der Waals surface area contributed by atoms with Crippen LogP contribution < -0.4 is 10.2 Å². The molecule has 33 heavy (non-hydrogen) atoms. The Bertz CT molecular complexity index is 1210. The molecule has 2 rings (SSSR count). The van der Waals surface area contributed by atoms with Crippen molar-refractivity contribution in [2.24, 2.45) is 10.2 Å². The highest BCUT2D eigenvalue weighted by molar-refractivity contribution is 7.91. The largest absolute Gasteiger partial charge is 0.397 e. The van der Waals surface area contributed by atoms with Crippen LogP contribution in [-0.4, -0.2) is 52.7 Å². The zero-order valence-electron chi connectivity index (χ0n) is 18.4. The van der Waals surface area contributed by atoms with Crippen LogP contribution in [0.2, 0.25) is 0 Å². The van der Waals surface area contributed by atoms with Crippen LogP contribution in [0.1, 0.15) is 20.8 Å². The van der Waals surface area contributed by atoms with Gasteiger partial charge in [-0.15, -0.1) is 5.11 Å². The smallest absolute Gasteiger partial charge is 0.372 e. The van der Waals surface area contributed by atoms with Gasteiger partial charge in [-0.25, -0.2) is 12.6 Å². The quantitative estimate of drug-likeness (QED) is 0.352. The van der Waals surface area contributed by atoms with Gasteiger partial charge in [0.2, 0.25) is 5.91 Å². The standard InChI is InChI=1S/C20H26N4O7S2/c1-4-24(5-2)17-8-11-19(20(14-17)21-15(3)25)23-22-16-6-9-18(10-7-16)32(26,27)13-12-31-33(28,29)30/h6-11,14H,4-5,12-13H2,1-3H3,(H,21,25)(H,28,29,30). The molecule has 0 aromatic heterocycles. The number of anilines is 2. The van der Waals surface area contributed by atoms with E-state index in [4.69, 9.17) is 4.55 Å². The molecule has 0 fully saturated rings. The Kier molecular flexibility index (Phi) is 9.05. The molecule has 2 N–H and O–H groups in total. The number of hydrogen-bond acceptors (Lipinski definition) is 9. The summed E-state index contributed by atoms with van der Waals surface area (Å²) in [4.78, 5) is 13.7. The van der Waals surface area contributed by atoms with Gasteiger partial charge in [-0.3, -0.25) is 9.35 Å². The summed E-state index contributed by atoms with van der Waals surface area (Å²) >= 11 is 0. The second-order valence-corrected chi connectivity index (χ2v) is 10.0. The molecule has 0 aliphatic carbocycles. The number of benzene rings is 2. The summed E-state index contributed by atoms with van der Waals surface area (Å²) in [5.41, 5.74) is 2.22. The Morgan fingerprint density at radius 3 is 2.21 bits per heavy atom. The van der Waals surface area contributed by atoms with Crippen molar-refractivity contribution in [2.75, 3.05) is 35.7 Å². The number of azo groups is 1. The van der Waals surface area contributed by atoms with E-state index in [9.17, 15) is 21.6 Å². The van der Waals surface area contributed by atoms with Crippen molar-refractivity contribution < 1.29 is 30.4 Å². The van der Waals surface area contributed by atoms with Crippen LogP contribution in [0.5, 0.6) is 0 Å². The molecule has 0 saturated heterocycles. The Balaban J connectivity index is 2.21. The third-order valence-corrected chi connectivity index (χ3v) is 6.63. The second-order valence-electron chi connectivity index (χ2n) is 6.82. The second kappa shape index (κ2) is 11.3. The molecule has 0 atom stereocenters. The van der Waals surface area contributed by atoms with Crippen LogP contribution in [0.4, 0.5) is 22.7 Å². The minimum absolute atomic E-state index is 0.0668. The van der Waals surface area contributed by atoms with E-state index in [0.29, 0.717) is 17.1 Å². The minimum atomic E-state index is -4.71. The third kappa shape index (κ3) is 8.20. The van der Waals surface area contributed by atoms with Crippen molar-refractivity contribution in [2.45, 2.75) is 25.7 Å². The van der Waals surface area contributed by atoms with Gasteiger partial charge < -0.3 is 10.2 Å². The first-order valence-electron chi connectivity index (χ1n) is 9.98. The number of carbonyl (C=O) groups is 1. The van der Waals surface area contributed by atoms with Gasteiger partial charge in [0.15, 0.2) is 9.84 Å². The number of amides is 1. The van der Waals surface area contributed by atoms with Gasteiger partial charge in [-0.2, -0.15) is 13.5 Å². The first kappa shape index (κ1) is 26.4. The number of nitrogens with zero attached hydrogens (tertiary/aromatic N) is 3. The highest BCUT2D eigenvalue weighted by atomic mass is 32.3. The topological polar surface area (TPSA) is 155 Å². The molecule has 11 nitrogen and oxygen atoms in total. The lowest BCUT2D eigenvalue weighted by Crippen LogP contribution is -2.21. The third-order valence-electron chi connectivity index (χ3n) is 4.47. The molecule has 180 valence electrons. The molecule has 13 heteroatoms. The Labute approximate surface area is 193 Å². The summed E-state index contributed by atoms with van der Waals surface area (Å²) in [6.45, 7) is 6.34. The van der Waals surface area contributed by atoms with Gasteiger partial charge in [0.05, 0.1) is 28.6 Å². The van der Waals surface area contributed by atoms with Crippen molar-refractivity contribution in [3.63, 3.8) is 0 Å². The predicted octanol–water partition coefficient (Wildman–Crippen LogP) is 3.50. The zero-order chi connectivity index (χ0) is 24.6. The number of rotatable bonds is 11. The fraction of sp³-hybridized carbons (Fsp3) is 0.350. The molecule has 0 bridgehead atoms. The summed E-state index contributed by atoms with van der Waals surface area (Å²) in [5, 5.41) is 11.0. The molecule has 0 saturated carbocycles. The van der Waals surface area contributed by atoms with E-state index in [0.717, 1.165) is 18.8 Å². The summed E-state index contributed by atoms with van der Waals surface area (Å²) in [7, 11) is -8.54. The number of carbonyl (C=O) groups excluding carboxylic acids is 1. The molecular weight excluding hydrogens is 472 g/mol. The van der Waals surface area contributed by atoms with Crippen molar-refractivity contribution in [3.8, 4) is 0 Å². The predicted molar refractivity (Wildman–Crippen MR) is 124 cm³/mol. The van der Waals surface area contributed by atoms with Gasteiger partial charge in [0, 0.05) is 25.7 Å². The Morgan fingerprint density at radius 1 is 1.03 bits per heavy atom. The number of hydrogen-bond donors (Lipinski definition) is 2. The van der Waals surface area contributed by atoms with Gasteiger partial charge in [-0.05, 0) is 56.3 Å². The van der Waals surface area contributed by atoms with E-state index < -0.39 is 32.6 Å². The average molecular weight is 499 g/mol. The summed E-state index contributed by atoms with van der Waals surface area (Å²) in [6.07, 6.45) is 0. The van der Waals surface area contributed by atoms with Gasteiger partial charge >= 0.3 is 10.4 Å². The number of nitrogens with one attached hydrogen (secondary N) is 1. The lowest BCUT2D eigenvalue weighted by Gasteiger charge is -2.22. The first-order chi connectivity index (χ1) is 15.4. The fourth-order valence-corrected chi connectivity index (χ4v) is 4.37. The highest BCUT2D eigenvalue weighted by Crippen LogP contribution is 2.32. The van der Waals surface area contributed by atoms with Crippen molar-refractivity contribution in [3.05, 3.63) is 42.5 Å². The fourth-order valence-electron chi connectivity index (χ4n) is 2.89. The molecule has 0 aliphatic heterocycles. The van der Waals surface area contributed by atoms with E-state index in [-0.39, 0.29) is 10.8 Å². The van der Waals surface area contributed by atoms with E-state index >= 15 is 0 Å². The molecule has 0 radical (unpaired) electrons. The van der Waals surface area contributed by atoms with E-state index in [2.05, 4.69) is 24.6 Å². The molecule has 2 aromatic rings.